The van der Waals surface area contributed by atoms with E-state index in [4.69, 9.17) is 5.73 Å². The molecule has 1 atom stereocenters. The van der Waals surface area contributed by atoms with Crippen LogP contribution in [0, 0.1) is 6.92 Å². The molecule has 84 valence electrons. The molecule has 0 radical (unpaired) electrons. The second-order valence-electron chi connectivity index (χ2n) is 3.82. The third kappa shape index (κ3) is 2.52. The zero-order chi connectivity index (χ0) is 11.5. The van der Waals surface area contributed by atoms with Gasteiger partial charge in [0.2, 0.25) is 0 Å². The monoisotopic (exact) mass is 233 g/mol. The lowest BCUT2D eigenvalue weighted by molar-refractivity contribution is 0.864. The average Bonchev–Trinajstić information content (AvgIpc) is 2.65. The zero-order valence-electron chi connectivity index (χ0n) is 9.40. The molecule has 0 aliphatic rings. The first-order valence-electron chi connectivity index (χ1n) is 5.19. The van der Waals surface area contributed by atoms with Crippen LogP contribution in [0.1, 0.15) is 23.7 Å². The van der Waals surface area contributed by atoms with Crippen LogP contribution in [-0.2, 0) is 0 Å². The predicted octanol–water partition coefficient (Wildman–Crippen LogP) is 3.21. The number of nitrogen functional groups attached to an aromatic ring is 1. The van der Waals surface area contributed by atoms with Gasteiger partial charge in [0.1, 0.15) is 5.01 Å². The molecular formula is C12H15N3S. The van der Waals surface area contributed by atoms with E-state index in [9.17, 15) is 0 Å². The smallest absolute Gasteiger partial charge is 0.115 e. The maximum Gasteiger partial charge on any atom is 0.115 e. The molecule has 3 nitrogen and oxygen atoms in total. The summed E-state index contributed by atoms with van der Waals surface area (Å²) in [4.78, 5) is 4.45. The van der Waals surface area contributed by atoms with Gasteiger partial charge in [0.25, 0.3) is 0 Å². The molecule has 3 N–H and O–H groups in total. The van der Waals surface area contributed by atoms with E-state index in [1.54, 1.807) is 11.3 Å². The number of thiazole rings is 1. The van der Waals surface area contributed by atoms with Crippen molar-refractivity contribution >= 4 is 22.7 Å². The van der Waals surface area contributed by atoms with Gasteiger partial charge in [0.15, 0.2) is 0 Å². The van der Waals surface area contributed by atoms with Crippen LogP contribution in [0.15, 0.2) is 29.6 Å². The summed E-state index contributed by atoms with van der Waals surface area (Å²) >= 11 is 1.68. The van der Waals surface area contributed by atoms with Gasteiger partial charge >= 0.3 is 0 Å². The summed E-state index contributed by atoms with van der Waals surface area (Å²) in [5.74, 6) is 0. The normalized spacial score (nSPS) is 12.4. The van der Waals surface area contributed by atoms with Gasteiger partial charge in [0, 0.05) is 22.4 Å². The van der Waals surface area contributed by atoms with Gasteiger partial charge in [-0.25, -0.2) is 4.98 Å². The summed E-state index contributed by atoms with van der Waals surface area (Å²) in [6, 6.07) is 7.96. The van der Waals surface area contributed by atoms with Crippen molar-refractivity contribution in [2.45, 2.75) is 19.9 Å². The van der Waals surface area contributed by atoms with Gasteiger partial charge < -0.3 is 11.1 Å². The minimum Gasteiger partial charge on any atom is -0.399 e. The van der Waals surface area contributed by atoms with Crippen LogP contribution in [0.2, 0.25) is 0 Å². The predicted molar refractivity (Wildman–Crippen MR) is 69.7 cm³/mol. The van der Waals surface area contributed by atoms with E-state index in [2.05, 4.69) is 22.6 Å². The molecule has 0 aliphatic heterocycles. The Kier molecular flexibility index (Phi) is 3.10. The lowest BCUT2D eigenvalue weighted by Gasteiger charge is -2.12. The molecule has 0 amide bonds. The number of rotatable bonds is 3. The molecule has 2 aromatic rings. The van der Waals surface area contributed by atoms with Crippen LogP contribution in [0.4, 0.5) is 11.4 Å². The summed E-state index contributed by atoms with van der Waals surface area (Å²) in [5.41, 5.74) is 8.59. The quantitative estimate of drug-likeness (QED) is 0.800. The van der Waals surface area contributed by atoms with Gasteiger partial charge in [0.05, 0.1) is 6.04 Å². The first-order chi connectivity index (χ1) is 7.65. The average molecular weight is 233 g/mol. The Morgan fingerprint density at radius 1 is 1.44 bits per heavy atom. The summed E-state index contributed by atoms with van der Waals surface area (Å²) in [7, 11) is 0. The standard InChI is InChI=1S/C12H15N3S/c1-8-7-16-12(14-8)9(2)15-11-5-3-4-10(13)6-11/h3-7,9,15H,13H2,1-2H3. The van der Waals surface area contributed by atoms with E-state index in [-0.39, 0.29) is 6.04 Å². The SMILES string of the molecule is Cc1csc(C(C)Nc2cccc(N)c2)n1. The Balaban J connectivity index is 2.10. The topological polar surface area (TPSA) is 50.9 Å². The zero-order valence-corrected chi connectivity index (χ0v) is 10.2. The van der Waals surface area contributed by atoms with Crippen LogP contribution in [0.5, 0.6) is 0 Å². The lowest BCUT2D eigenvalue weighted by atomic mass is 10.2. The number of nitrogens with two attached hydrogens (primary N) is 1. The summed E-state index contributed by atoms with van der Waals surface area (Å²) < 4.78 is 0. The lowest BCUT2D eigenvalue weighted by Crippen LogP contribution is -2.06. The molecule has 0 bridgehead atoms. The highest BCUT2D eigenvalue weighted by Gasteiger charge is 2.08. The van der Waals surface area contributed by atoms with Crippen LogP contribution in [0.3, 0.4) is 0 Å². The number of aryl methyl sites for hydroxylation is 1. The second-order valence-corrected chi connectivity index (χ2v) is 4.71. The Hall–Kier alpha value is -1.55. The van der Waals surface area contributed by atoms with Gasteiger partial charge in [-0.15, -0.1) is 11.3 Å². The van der Waals surface area contributed by atoms with Crippen molar-refractivity contribution in [2.24, 2.45) is 0 Å². The van der Waals surface area contributed by atoms with Crippen molar-refractivity contribution in [3.63, 3.8) is 0 Å². The highest BCUT2D eigenvalue weighted by molar-refractivity contribution is 7.09. The van der Waals surface area contributed by atoms with Gasteiger partial charge in [-0.1, -0.05) is 6.07 Å². The van der Waals surface area contributed by atoms with Crippen molar-refractivity contribution in [2.75, 3.05) is 11.1 Å². The molecule has 0 aliphatic carbocycles. The molecule has 0 saturated heterocycles. The Bertz CT molecular complexity index is 479. The number of hydrogen-bond acceptors (Lipinski definition) is 4. The molecular weight excluding hydrogens is 218 g/mol. The summed E-state index contributed by atoms with van der Waals surface area (Å²) in [6.07, 6.45) is 0. The Labute approximate surface area is 99.3 Å². The Morgan fingerprint density at radius 3 is 2.88 bits per heavy atom. The highest BCUT2D eigenvalue weighted by atomic mass is 32.1. The van der Waals surface area contributed by atoms with Crippen LogP contribution in [-0.4, -0.2) is 4.98 Å². The van der Waals surface area contributed by atoms with E-state index in [1.165, 1.54) is 0 Å². The van der Waals surface area contributed by atoms with Crippen molar-refractivity contribution in [1.29, 1.82) is 0 Å². The van der Waals surface area contributed by atoms with Gasteiger partial charge in [-0.05, 0) is 32.0 Å². The van der Waals surface area contributed by atoms with E-state index in [0.29, 0.717) is 0 Å². The summed E-state index contributed by atoms with van der Waals surface area (Å²) in [5, 5.41) is 6.54. The third-order valence-electron chi connectivity index (χ3n) is 2.28. The number of nitrogens with one attached hydrogen (secondary N) is 1. The number of aromatic nitrogens is 1. The molecule has 16 heavy (non-hydrogen) atoms. The second kappa shape index (κ2) is 4.53. The molecule has 0 spiro atoms. The molecule has 0 fully saturated rings. The maximum absolute atomic E-state index is 5.72. The van der Waals surface area contributed by atoms with Crippen molar-refractivity contribution in [1.82, 2.24) is 4.98 Å². The molecule has 0 saturated carbocycles. The molecule has 1 heterocycles. The van der Waals surface area contributed by atoms with Crippen LogP contribution in [0.25, 0.3) is 0 Å². The molecule has 2 rings (SSSR count). The largest absolute Gasteiger partial charge is 0.399 e. The van der Waals surface area contributed by atoms with E-state index >= 15 is 0 Å². The van der Waals surface area contributed by atoms with Crippen molar-refractivity contribution in [3.05, 3.63) is 40.3 Å². The van der Waals surface area contributed by atoms with Gasteiger partial charge in [-0.3, -0.25) is 0 Å². The molecule has 4 heteroatoms. The van der Waals surface area contributed by atoms with E-state index in [0.717, 1.165) is 22.1 Å². The fraction of sp³-hybridized carbons (Fsp3) is 0.250. The first kappa shape index (κ1) is 11.0. The first-order valence-corrected chi connectivity index (χ1v) is 6.07. The number of benzene rings is 1. The van der Waals surface area contributed by atoms with Gasteiger partial charge in [-0.2, -0.15) is 0 Å². The summed E-state index contributed by atoms with van der Waals surface area (Å²) in [6.45, 7) is 4.11. The fourth-order valence-corrected chi connectivity index (χ4v) is 2.31. The minimum absolute atomic E-state index is 0.209. The highest BCUT2D eigenvalue weighted by Crippen LogP contribution is 2.23. The molecule has 1 aromatic carbocycles. The van der Waals surface area contributed by atoms with Crippen molar-refractivity contribution < 1.29 is 0 Å². The number of hydrogen-bond donors (Lipinski definition) is 2. The number of nitrogens with zero attached hydrogens (tertiary/aromatic N) is 1. The molecule has 1 unspecified atom stereocenters. The maximum atomic E-state index is 5.72. The number of anilines is 2. The van der Waals surface area contributed by atoms with Crippen molar-refractivity contribution in [3.8, 4) is 0 Å². The van der Waals surface area contributed by atoms with Crippen LogP contribution >= 0.6 is 11.3 Å². The van der Waals surface area contributed by atoms with E-state index < -0.39 is 0 Å². The third-order valence-corrected chi connectivity index (χ3v) is 3.42. The molecule has 1 aromatic heterocycles. The van der Waals surface area contributed by atoms with Crippen LogP contribution < -0.4 is 11.1 Å². The fourth-order valence-electron chi connectivity index (χ4n) is 1.51. The minimum atomic E-state index is 0.209. The Morgan fingerprint density at radius 2 is 2.25 bits per heavy atom. The van der Waals surface area contributed by atoms with E-state index in [1.807, 2.05) is 31.2 Å².